The molecule has 2 N–H and O–H groups in total. The van der Waals surface area contributed by atoms with Gasteiger partial charge in [0, 0.05) is 17.1 Å². The number of carboxylic acid groups (broad SMARTS) is 2. The van der Waals surface area contributed by atoms with Crippen molar-refractivity contribution in [3.05, 3.63) is 0 Å². The maximum atomic E-state index is 9.10. The fourth-order valence-electron chi connectivity index (χ4n) is 0. The van der Waals surface area contributed by atoms with Crippen LogP contribution in [0.15, 0.2) is 0 Å². The summed E-state index contributed by atoms with van der Waals surface area (Å²) in [7, 11) is 0. The molecule has 1 radical (unpaired) electrons. The van der Waals surface area contributed by atoms with Crippen LogP contribution in [0.2, 0.25) is 0 Å². The maximum absolute atomic E-state index is 9.10. The number of carbonyl (C=O) groups is 2. The van der Waals surface area contributed by atoms with Gasteiger partial charge >= 0.3 is 63.3 Å². The van der Waals surface area contributed by atoms with Crippen molar-refractivity contribution < 1.29 is 36.9 Å². The van der Waals surface area contributed by atoms with E-state index in [-0.39, 0.29) is 68.5 Å². The summed E-state index contributed by atoms with van der Waals surface area (Å²) >= 11 is 0. The first kappa shape index (κ1) is 16.0. The molecule has 0 fully saturated rings. The second-order valence-electron chi connectivity index (χ2n) is 0.610. The monoisotopic (exact) mass is 193 g/mol. The van der Waals surface area contributed by atoms with Gasteiger partial charge in [0.1, 0.15) is 0 Å². The van der Waals surface area contributed by atoms with Crippen molar-refractivity contribution in [3.8, 4) is 0 Å². The van der Waals surface area contributed by atoms with Crippen molar-refractivity contribution in [2.24, 2.45) is 0 Å². The molecular weight excluding hydrogens is 191 g/mol. The topological polar surface area (TPSA) is 74.6 Å². The van der Waals surface area contributed by atoms with Crippen LogP contribution >= 0.6 is 0 Å². The summed E-state index contributed by atoms with van der Waals surface area (Å²) in [5.41, 5.74) is 0. The van der Waals surface area contributed by atoms with E-state index in [1.807, 2.05) is 0 Å². The zero-order chi connectivity index (χ0) is 5.15. The van der Waals surface area contributed by atoms with Crippen LogP contribution < -0.4 is 0 Å². The van der Waals surface area contributed by atoms with Gasteiger partial charge in [0.15, 0.2) is 0 Å². The van der Waals surface area contributed by atoms with Crippen molar-refractivity contribution in [2.45, 2.75) is 0 Å². The fraction of sp³-hybridized carbons (Fsp3) is 0. The van der Waals surface area contributed by atoms with Crippen LogP contribution in [0, 0.1) is 0 Å². The van der Waals surface area contributed by atoms with Gasteiger partial charge < -0.3 is 10.2 Å². The van der Waals surface area contributed by atoms with E-state index in [9.17, 15) is 0 Å². The SMILES string of the molecule is O=C(O)C(=O)O.[Cu].[KH]. The van der Waals surface area contributed by atoms with Gasteiger partial charge in [-0.3, -0.25) is 0 Å². The van der Waals surface area contributed by atoms with Crippen LogP contribution in [-0.4, -0.2) is 73.5 Å². The first-order valence-corrected chi connectivity index (χ1v) is 1.11. The van der Waals surface area contributed by atoms with Gasteiger partial charge in [-0.05, 0) is 0 Å². The summed E-state index contributed by atoms with van der Waals surface area (Å²) in [5, 5.41) is 14.8. The average Bonchev–Trinajstić information content (AvgIpc) is 1.36. The summed E-state index contributed by atoms with van der Waals surface area (Å²) < 4.78 is 0. The third-order valence-corrected chi connectivity index (χ3v) is 0.183. The van der Waals surface area contributed by atoms with Crippen LogP contribution in [-0.2, 0) is 26.7 Å². The molecule has 0 atom stereocenters. The number of hydrogen-bond donors (Lipinski definition) is 2. The molecule has 0 amide bonds. The molecule has 0 aromatic heterocycles. The Kier molecular flexibility index (Phi) is 16.2. The Morgan fingerprint density at radius 3 is 1.12 bits per heavy atom. The molecule has 0 bridgehead atoms. The second-order valence-corrected chi connectivity index (χ2v) is 0.610. The van der Waals surface area contributed by atoms with Gasteiger partial charge in [-0.2, -0.15) is 0 Å². The van der Waals surface area contributed by atoms with Crippen LogP contribution in [0.4, 0.5) is 0 Å². The van der Waals surface area contributed by atoms with Crippen molar-refractivity contribution in [2.75, 3.05) is 0 Å². The number of hydrogen-bond acceptors (Lipinski definition) is 2. The van der Waals surface area contributed by atoms with Gasteiger partial charge in [-0.15, -0.1) is 0 Å². The average molecular weight is 194 g/mol. The van der Waals surface area contributed by atoms with E-state index in [1.165, 1.54) is 0 Å². The Morgan fingerprint density at radius 2 is 1.12 bits per heavy atom. The zero-order valence-electron chi connectivity index (χ0n) is 3.01. The number of rotatable bonds is 0. The Labute approximate surface area is 98.5 Å². The predicted octanol–water partition coefficient (Wildman–Crippen LogP) is -1.50. The van der Waals surface area contributed by atoms with Gasteiger partial charge in [0.05, 0.1) is 0 Å². The minimum atomic E-state index is -1.82. The van der Waals surface area contributed by atoms with Crippen LogP contribution in [0.5, 0.6) is 0 Å². The molecule has 0 aliphatic rings. The molecule has 0 unspecified atom stereocenters. The predicted molar refractivity (Wildman–Crippen MR) is 22.4 cm³/mol. The van der Waals surface area contributed by atoms with E-state index in [1.54, 1.807) is 0 Å². The summed E-state index contributed by atoms with van der Waals surface area (Å²) in [5.74, 6) is -3.65. The fourth-order valence-corrected chi connectivity index (χ4v) is 0. The quantitative estimate of drug-likeness (QED) is 0.363. The first-order chi connectivity index (χ1) is 2.64. The van der Waals surface area contributed by atoms with E-state index < -0.39 is 11.9 Å². The Balaban J connectivity index is -0.000000125. The van der Waals surface area contributed by atoms with Crippen molar-refractivity contribution in [1.29, 1.82) is 0 Å². The van der Waals surface area contributed by atoms with Crippen molar-refractivity contribution in [3.63, 3.8) is 0 Å². The Hall–Kier alpha value is 1.10. The molecule has 0 aliphatic carbocycles. The summed E-state index contributed by atoms with van der Waals surface area (Å²) in [6, 6.07) is 0. The zero-order valence-corrected chi connectivity index (χ0v) is 3.95. The molecular formula is C2H3CuKO4. The van der Waals surface area contributed by atoms with Crippen molar-refractivity contribution in [1.82, 2.24) is 0 Å². The van der Waals surface area contributed by atoms with E-state index >= 15 is 0 Å². The van der Waals surface area contributed by atoms with Gasteiger partial charge in [0.25, 0.3) is 0 Å². The number of aliphatic carboxylic acids is 2. The Bertz CT molecular complexity index is 80.0. The molecule has 0 aromatic rings. The molecule has 0 heterocycles. The third-order valence-electron chi connectivity index (χ3n) is 0.183. The molecule has 0 saturated heterocycles. The minimum absolute atomic E-state index is 0. The van der Waals surface area contributed by atoms with Gasteiger partial charge in [0.2, 0.25) is 0 Å². The second kappa shape index (κ2) is 8.10. The molecule has 0 aliphatic heterocycles. The summed E-state index contributed by atoms with van der Waals surface area (Å²) in [4.78, 5) is 18.2. The van der Waals surface area contributed by atoms with E-state index in [0.29, 0.717) is 0 Å². The van der Waals surface area contributed by atoms with Gasteiger partial charge in [-0.1, -0.05) is 0 Å². The van der Waals surface area contributed by atoms with E-state index in [0.717, 1.165) is 0 Å². The molecule has 0 spiro atoms. The molecule has 6 heteroatoms. The number of carboxylic acids is 2. The summed E-state index contributed by atoms with van der Waals surface area (Å²) in [6.45, 7) is 0. The standard InChI is InChI=1S/C2H2O4.Cu.K.H/c3-1(4)2(5)6;;;/h(H,3,4)(H,5,6);;;. The van der Waals surface area contributed by atoms with Crippen LogP contribution in [0.3, 0.4) is 0 Å². The summed E-state index contributed by atoms with van der Waals surface area (Å²) in [6.07, 6.45) is 0. The van der Waals surface area contributed by atoms with Crippen molar-refractivity contribution >= 4 is 63.3 Å². The third kappa shape index (κ3) is 10.2. The van der Waals surface area contributed by atoms with E-state index in [2.05, 4.69) is 0 Å². The molecule has 47 valence electrons. The first-order valence-electron chi connectivity index (χ1n) is 1.11. The molecule has 0 rings (SSSR count). The normalized spacial score (nSPS) is 5.50. The Morgan fingerprint density at radius 1 is 1.00 bits per heavy atom. The van der Waals surface area contributed by atoms with Crippen LogP contribution in [0.1, 0.15) is 0 Å². The molecule has 0 saturated carbocycles. The molecule has 4 nitrogen and oxygen atoms in total. The van der Waals surface area contributed by atoms with Gasteiger partial charge in [-0.25, -0.2) is 9.59 Å². The van der Waals surface area contributed by atoms with E-state index in [4.69, 9.17) is 19.8 Å². The molecule has 8 heavy (non-hydrogen) atoms. The molecule has 0 aromatic carbocycles. The van der Waals surface area contributed by atoms with Crippen LogP contribution in [0.25, 0.3) is 0 Å².